The van der Waals surface area contributed by atoms with Gasteiger partial charge >= 0.3 is 0 Å². The van der Waals surface area contributed by atoms with Gasteiger partial charge in [0.05, 0.1) is 0 Å². The van der Waals surface area contributed by atoms with Gasteiger partial charge in [-0.15, -0.1) is 0 Å². The first-order valence-electron chi connectivity index (χ1n) is 15.7. The van der Waals surface area contributed by atoms with Crippen LogP contribution in [0.1, 0.15) is 0 Å². The Morgan fingerprint density at radius 3 is 2.00 bits per heavy atom. The van der Waals surface area contributed by atoms with Crippen LogP contribution < -0.4 is 4.74 Å². The van der Waals surface area contributed by atoms with Crippen molar-refractivity contribution in [1.29, 1.82) is 0 Å². The van der Waals surface area contributed by atoms with Crippen molar-refractivity contribution in [2.45, 2.75) is 0 Å². The minimum atomic E-state index is 0.909. The number of furan rings is 1. The predicted molar refractivity (Wildman–Crippen MR) is 191 cm³/mol. The summed E-state index contributed by atoms with van der Waals surface area (Å²) in [5.41, 5.74) is 11.3. The van der Waals surface area contributed by atoms with Gasteiger partial charge in [0.25, 0.3) is 0 Å². The van der Waals surface area contributed by atoms with Crippen LogP contribution in [0.3, 0.4) is 0 Å². The molecule has 0 atom stereocenters. The normalized spacial score (nSPS) is 12.1. The van der Waals surface area contributed by atoms with Crippen LogP contribution in [0.4, 0.5) is 0 Å². The van der Waals surface area contributed by atoms with Crippen LogP contribution in [0.15, 0.2) is 162 Å². The van der Waals surface area contributed by atoms with Gasteiger partial charge in [0.15, 0.2) is 0 Å². The maximum absolute atomic E-state index is 6.34. The first-order chi connectivity index (χ1) is 22.8. The lowest BCUT2D eigenvalue weighted by molar-refractivity contribution is 0.487. The van der Waals surface area contributed by atoms with Crippen LogP contribution in [0.25, 0.3) is 88.0 Å². The molecule has 2 nitrogen and oxygen atoms in total. The summed E-state index contributed by atoms with van der Waals surface area (Å²) in [7, 11) is 0. The molecule has 1 aliphatic rings. The molecule has 0 saturated carbocycles. The van der Waals surface area contributed by atoms with Crippen LogP contribution in [0.5, 0.6) is 11.5 Å². The second kappa shape index (κ2) is 9.69. The van der Waals surface area contributed by atoms with Gasteiger partial charge in [-0.3, -0.25) is 0 Å². The number of rotatable bonds is 3. The van der Waals surface area contributed by atoms with Gasteiger partial charge in [0.1, 0.15) is 22.7 Å². The highest BCUT2D eigenvalue weighted by molar-refractivity contribution is 6.22. The molecular weight excluding hydrogens is 560 g/mol. The predicted octanol–water partition coefficient (Wildman–Crippen LogP) is 12.7. The van der Waals surface area contributed by atoms with Crippen molar-refractivity contribution >= 4 is 43.5 Å². The van der Waals surface area contributed by atoms with Gasteiger partial charge in [-0.25, -0.2) is 0 Å². The van der Waals surface area contributed by atoms with E-state index in [1.807, 2.05) is 12.1 Å². The lowest BCUT2D eigenvalue weighted by Crippen LogP contribution is -1.97. The summed E-state index contributed by atoms with van der Waals surface area (Å²) in [4.78, 5) is 0. The van der Waals surface area contributed by atoms with Crippen molar-refractivity contribution in [1.82, 2.24) is 0 Å². The highest BCUT2D eigenvalue weighted by Gasteiger charge is 2.21. The van der Waals surface area contributed by atoms with E-state index in [9.17, 15) is 0 Å². The van der Waals surface area contributed by atoms with Crippen LogP contribution in [-0.2, 0) is 0 Å². The smallest absolute Gasteiger partial charge is 0.136 e. The Balaban J connectivity index is 1.06. The maximum atomic E-state index is 6.34. The second-order valence-electron chi connectivity index (χ2n) is 12.0. The van der Waals surface area contributed by atoms with Crippen molar-refractivity contribution in [3.63, 3.8) is 0 Å². The van der Waals surface area contributed by atoms with Crippen molar-refractivity contribution < 1.29 is 9.15 Å². The van der Waals surface area contributed by atoms with Crippen molar-refractivity contribution in [2.24, 2.45) is 0 Å². The summed E-state index contributed by atoms with van der Waals surface area (Å²) in [6.45, 7) is 0. The third kappa shape index (κ3) is 3.71. The molecule has 8 aromatic carbocycles. The SMILES string of the molecule is c1cc(-c2ccc(-c3cccc4oc5ccc6ccccc6c5c34)cc2)cc(-c2ccc3c4c(cccc24)-c2ccccc2O3)c1. The zero-order valence-corrected chi connectivity index (χ0v) is 24.8. The molecule has 0 saturated heterocycles. The monoisotopic (exact) mass is 586 g/mol. The van der Waals surface area contributed by atoms with Crippen molar-refractivity contribution in [3.8, 4) is 56.0 Å². The lowest BCUT2D eigenvalue weighted by Gasteiger charge is -2.22. The highest BCUT2D eigenvalue weighted by Crippen LogP contribution is 2.48. The molecule has 9 aromatic rings. The molecule has 0 radical (unpaired) electrons. The quantitative estimate of drug-likeness (QED) is 0.205. The van der Waals surface area contributed by atoms with E-state index in [0.29, 0.717) is 0 Å². The molecule has 0 unspecified atom stereocenters. The first-order valence-corrected chi connectivity index (χ1v) is 15.7. The van der Waals surface area contributed by atoms with Gasteiger partial charge in [-0.2, -0.15) is 0 Å². The van der Waals surface area contributed by atoms with Gasteiger partial charge in [0, 0.05) is 21.7 Å². The molecule has 214 valence electrons. The van der Waals surface area contributed by atoms with Crippen molar-refractivity contribution in [2.75, 3.05) is 0 Å². The summed E-state index contributed by atoms with van der Waals surface area (Å²) in [5.74, 6) is 1.82. The highest BCUT2D eigenvalue weighted by atomic mass is 16.5. The Labute approximate surface area is 265 Å². The fourth-order valence-corrected chi connectivity index (χ4v) is 7.37. The minimum Gasteiger partial charge on any atom is -0.456 e. The van der Waals surface area contributed by atoms with Gasteiger partial charge in [-0.05, 0) is 85.4 Å². The Bertz CT molecular complexity index is 2660. The van der Waals surface area contributed by atoms with E-state index >= 15 is 0 Å². The van der Waals surface area contributed by atoms with Gasteiger partial charge in [-0.1, -0.05) is 127 Å². The van der Waals surface area contributed by atoms with E-state index in [4.69, 9.17) is 9.15 Å². The van der Waals surface area contributed by atoms with Crippen LogP contribution in [0, 0.1) is 0 Å². The summed E-state index contributed by atoms with van der Waals surface area (Å²) in [6.07, 6.45) is 0. The lowest BCUT2D eigenvalue weighted by atomic mass is 9.89. The zero-order valence-electron chi connectivity index (χ0n) is 24.8. The fourth-order valence-electron chi connectivity index (χ4n) is 7.37. The van der Waals surface area contributed by atoms with E-state index in [1.54, 1.807) is 0 Å². The molecule has 0 spiro atoms. The summed E-state index contributed by atoms with van der Waals surface area (Å²) in [6, 6.07) is 56.1. The van der Waals surface area contributed by atoms with Gasteiger partial charge < -0.3 is 9.15 Å². The largest absolute Gasteiger partial charge is 0.456 e. The molecular formula is C44H26O2. The Morgan fingerprint density at radius 1 is 0.326 bits per heavy atom. The molecule has 10 rings (SSSR count). The third-order valence-corrected chi connectivity index (χ3v) is 9.49. The van der Waals surface area contributed by atoms with E-state index in [-0.39, 0.29) is 0 Å². The van der Waals surface area contributed by atoms with Crippen LogP contribution in [0.2, 0.25) is 0 Å². The van der Waals surface area contributed by atoms with E-state index in [2.05, 4.69) is 146 Å². The summed E-state index contributed by atoms with van der Waals surface area (Å²) >= 11 is 0. The van der Waals surface area contributed by atoms with Crippen molar-refractivity contribution in [3.05, 3.63) is 158 Å². The summed E-state index contributed by atoms with van der Waals surface area (Å²) in [5, 5.41) is 7.14. The molecule has 0 fully saturated rings. The number of hydrogen-bond donors (Lipinski definition) is 0. The van der Waals surface area contributed by atoms with E-state index < -0.39 is 0 Å². The maximum Gasteiger partial charge on any atom is 0.136 e. The van der Waals surface area contributed by atoms with Crippen LogP contribution >= 0.6 is 0 Å². The number of ether oxygens (including phenoxy) is 1. The third-order valence-electron chi connectivity index (χ3n) is 9.49. The fraction of sp³-hybridized carbons (Fsp3) is 0. The Morgan fingerprint density at radius 2 is 1.04 bits per heavy atom. The van der Waals surface area contributed by atoms with Crippen LogP contribution in [-0.4, -0.2) is 0 Å². The summed E-state index contributed by atoms with van der Waals surface area (Å²) < 4.78 is 12.7. The van der Waals surface area contributed by atoms with E-state index in [1.165, 1.54) is 71.3 Å². The molecule has 0 aliphatic carbocycles. The molecule has 46 heavy (non-hydrogen) atoms. The molecule has 1 aliphatic heterocycles. The van der Waals surface area contributed by atoms with E-state index in [0.717, 1.165) is 28.2 Å². The molecule has 0 amide bonds. The average molecular weight is 587 g/mol. The number of hydrogen-bond acceptors (Lipinski definition) is 2. The Kier molecular flexibility index (Phi) is 5.31. The minimum absolute atomic E-state index is 0.909. The number of fused-ring (bicyclic) bond motifs is 7. The average Bonchev–Trinajstić information content (AvgIpc) is 3.52. The number of benzene rings is 8. The molecule has 1 aromatic heterocycles. The first kappa shape index (κ1) is 25.2. The topological polar surface area (TPSA) is 22.4 Å². The Hall–Kier alpha value is -6.12. The molecule has 0 bridgehead atoms. The van der Waals surface area contributed by atoms with Gasteiger partial charge in [0.2, 0.25) is 0 Å². The molecule has 2 heterocycles. The number of para-hydroxylation sites is 1. The second-order valence-corrected chi connectivity index (χ2v) is 12.0. The zero-order chi connectivity index (χ0) is 30.2. The standard InChI is InChI=1S/C44H26O2/c1-2-11-33-28(8-1)22-24-41-44(33)43-34(13-7-17-39(43)46-41)29-20-18-27(19-21-29)30-9-5-10-31(26-30)32-23-25-40-42-36(32)14-6-15-37(42)35-12-3-4-16-38(35)45-40/h1-26H. The molecule has 0 N–H and O–H groups in total. The molecule has 2 heteroatoms.